The predicted molar refractivity (Wildman–Crippen MR) is 115 cm³/mol. The summed E-state index contributed by atoms with van der Waals surface area (Å²) in [6, 6.07) is 2.85. The van der Waals surface area contributed by atoms with Crippen molar-refractivity contribution in [1.82, 2.24) is 19.5 Å². The monoisotopic (exact) mass is 513 g/mol. The lowest BCUT2D eigenvalue weighted by molar-refractivity contribution is -0.0953. The van der Waals surface area contributed by atoms with Crippen molar-refractivity contribution in [2.24, 2.45) is 0 Å². The molecule has 2 fully saturated rings. The van der Waals surface area contributed by atoms with Gasteiger partial charge in [0, 0.05) is 12.5 Å². The van der Waals surface area contributed by atoms with Crippen molar-refractivity contribution in [1.29, 1.82) is 0 Å². The molecule has 0 radical (unpaired) electrons. The third-order valence-electron chi connectivity index (χ3n) is 5.93. The van der Waals surface area contributed by atoms with E-state index in [1.54, 1.807) is 0 Å². The van der Waals surface area contributed by atoms with Crippen LogP contribution in [0.1, 0.15) is 31.2 Å². The summed E-state index contributed by atoms with van der Waals surface area (Å²) in [6.45, 7) is 0.804. The van der Waals surface area contributed by atoms with Gasteiger partial charge in [0.25, 0.3) is 0 Å². The number of hydrogen-bond acceptors (Lipinski definition) is 11. The Morgan fingerprint density at radius 3 is 2.77 bits per heavy atom. The van der Waals surface area contributed by atoms with Crippen LogP contribution in [0.5, 0.6) is 0 Å². The zero-order valence-electron chi connectivity index (χ0n) is 18.3. The number of ether oxygens (including phenoxy) is 1. The van der Waals surface area contributed by atoms with Gasteiger partial charge in [-0.05, 0) is 24.6 Å². The SMILES string of the molecule is C[C@@]1(O)[C@H](O)[C@@H](COP2(=O)OCCC(c3cc(F)cc(F)c3)O2)O[C@H]1n1cnc2c(N)ncnc21. The van der Waals surface area contributed by atoms with Crippen LogP contribution >= 0.6 is 7.82 Å². The Hall–Kier alpha value is -2.58. The second-order valence-electron chi connectivity index (χ2n) is 8.44. The fraction of sp³-hybridized carbons (Fsp3) is 0.450. The first-order chi connectivity index (χ1) is 16.6. The summed E-state index contributed by atoms with van der Waals surface area (Å²) in [5.41, 5.74) is 4.68. The molecule has 2 saturated heterocycles. The van der Waals surface area contributed by atoms with Crippen molar-refractivity contribution in [3.63, 3.8) is 0 Å². The summed E-state index contributed by atoms with van der Waals surface area (Å²) in [6.07, 6.45) is -1.97. The van der Waals surface area contributed by atoms with Gasteiger partial charge in [-0.25, -0.2) is 28.3 Å². The van der Waals surface area contributed by atoms with E-state index < -0.39 is 56.2 Å². The number of nitrogens with two attached hydrogens (primary N) is 1. The number of phosphoric acid groups is 1. The molecule has 2 unspecified atom stereocenters. The highest BCUT2D eigenvalue weighted by Gasteiger charge is 2.54. The van der Waals surface area contributed by atoms with Gasteiger partial charge in [0.15, 0.2) is 17.7 Å². The molecule has 188 valence electrons. The van der Waals surface area contributed by atoms with Crippen LogP contribution < -0.4 is 5.73 Å². The summed E-state index contributed by atoms with van der Waals surface area (Å²) < 4.78 is 63.4. The smallest absolute Gasteiger partial charge is 0.387 e. The molecule has 0 spiro atoms. The fourth-order valence-electron chi connectivity index (χ4n) is 4.15. The minimum Gasteiger partial charge on any atom is -0.387 e. The first kappa shape index (κ1) is 24.1. The second-order valence-corrected chi connectivity index (χ2v) is 10.1. The average Bonchev–Trinajstić information content (AvgIpc) is 3.31. The van der Waals surface area contributed by atoms with Crippen molar-refractivity contribution < 1.29 is 41.9 Å². The molecule has 2 aliphatic heterocycles. The van der Waals surface area contributed by atoms with Crippen LogP contribution in [0, 0.1) is 11.6 Å². The molecular formula is C20H22F2N5O7P. The Bertz CT molecular complexity index is 1290. The van der Waals surface area contributed by atoms with Gasteiger partial charge < -0.3 is 20.7 Å². The van der Waals surface area contributed by atoms with E-state index in [1.807, 2.05) is 0 Å². The molecule has 2 aromatic heterocycles. The maximum absolute atomic E-state index is 13.6. The molecule has 3 aromatic rings. The second kappa shape index (κ2) is 8.82. The maximum atomic E-state index is 13.6. The number of anilines is 1. The van der Waals surface area contributed by atoms with Gasteiger partial charge in [-0.15, -0.1) is 0 Å². The quantitative estimate of drug-likeness (QED) is 0.428. The molecule has 0 saturated carbocycles. The number of nitrogen functional groups attached to an aromatic ring is 1. The van der Waals surface area contributed by atoms with Crippen molar-refractivity contribution >= 4 is 24.8 Å². The molecule has 0 aliphatic carbocycles. The van der Waals surface area contributed by atoms with E-state index in [0.717, 1.165) is 12.1 Å². The van der Waals surface area contributed by atoms with Gasteiger partial charge >= 0.3 is 7.82 Å². The van der Waals surface area contributed by atoms with E-state index in [-0.39, 0.29) is 35.6 Å². The van der Waals surface area contributed by atoms with Crippen LogP contribution in [-0.4, -0.2) is 60.8 Å². The minimum atomic E-state index is -4.19. The van der Waals surface area contributed by atoms with Crippen molar-refractivity contribution in [3.05, 3.63) is 48.1 Å². The molecule has 1 aromatic carbocycles. The third-order valence-corrected chi connectivity index (χ3v) is 7.41. The number of rotatable bonds is 5. The average molecular weight is 513 g/mol. The Morgan fingerprint density at radius 1 is 1.29 bits per heavy atom. The Kier molecular flexibility index (Phi) is 6.08. The normalized spacial score (nSPS) is 33.4. The third kappa shape index (κ3) is 4.42. The number of aliphatic hydroxyl groups excluding tert-OH is 1. The number of benzene rings is 1. The lowest BCUT2D eigenvalue weighted by Gasteiger charge is -2.30. The van der Waals surface area contributed by atoms with Crippen molar-refractivity contribution in [3.8, 4) is 0 Å². The Balaban J connectivity index is 1.31. The van der Waals surface area contributed by atoms with E-state index in [9.17, 15) is 23.6 Å². The number of nitrogens with zero attached hydrogens (tertiary/aromatic N) is 4. The Labute approximate surface area is 197 Å². The van der Waals surface area contributed by atoms with E-state index in [1.165, 1.54) is 24.1 Å². The number of fused-ring (bicyclic) bond motifs is 1. The summed E-state index contributed by atoms with van der Waals surface area (Å²) in [7, 11) is -4.19. The van der Waals surface area contributed by atoms with Crippen molar-refractivity contribution in [2.45, 2.75) is 43.5 Å². The van der Waals surface area contributed by atoms with Crippen LogP contribution in [0.4, 0.5) is 14.6 Å². The number of aromatic nitrogens is 4. The summed E-state index contributed by atoms with van der Waals surface area (Å²) in [5.74, 6) is -1.48. The topological polar surface area (TPSA) is 164 Å². The Morgan fingerprint density at radius 2 is 2.03 bits per heavy atom. The highest BCUT2D eigenvalue weighted by molar-refractivity contribution is 7.48. The van der Waals surface area contributed by atoms with Crippen LogP contribution in [0.15, 0.2) is 30.9 Å². The van der Waals surface area contributed by atoms with Gasteiger partial charge in [0.2, 0.25) is 0 Å². The molecular weight excluding hydrogens is 491 g/mol. The number of hydrogen-bond donors (Lipinski definition) is 3. The lowest BCUT2D eigenvalue weighted by atomic mass is 9.96. The first-order valence-corrected chi connectivity index (χ1v) is 12.1. The van der Waals surface area contributed by atoms with Gasteiger partial charge in [-0.1, -0.05) is 0 Å². The molecule has 35 heavy (non-hydrogen) atoms. The molecule has 15 heteroatoms. The number of imidazole rings is 1. The maximum Gasteiger partial charge on any atom is 0.475 e. The minimum absolute atomic E-state index is 0.0589. The van der Waals surface area contributed by atoms with E-state index in [4.69, 9.17) is 24.0 Å². The molecule has 0 amide bonds. The molecule has 4 N–H and O–H groups in total. The standard InChI is InChI=1S/C20H22F2N5O7P/c1-20(29)16(28)14(33-19(20)27-9-26-15-17(23)24-8-25-18(15)27)7-32-35(30)31-3-2-13(34-35)10-4-11(21)6-12(22)5-10/h4-6,8-9,13-14,16,19,28-29H,2-3,7H2,1H3,(H2,23,24,25)/t13?,14-,16-,19-,20-,35?/m1/s1. The highest BCUT2D eigenvalue weighted by atomic mass is 31.2. The van der Waals surface area contributed by atoms with Crippen molar-refractivity contribution in [2.75, 3.05) is 18.9 Å². The number of halogens is 2. The van der Waals surface area contributed by atoms with E-state index >= 15 is 0 Å². The molecule has 6 atom stereocenters. The molecule has 0 bridgehead atoms. The molecule has 2 aliphatic rings. The summed E-state index contributed by atoms with van der Waals surface area (Å²) >= 11 is 0. The van der Waals surface area contributed by atoms with E-state index in [0.29, 0.717) is 6.07 Å². The molecule has 12 nitrogen and oxygen atoms in total. The zero-order valence-corrected chi connectivity index (χ0v) is 19.2. The predicted octanol–water partition coefficient (Wildman–Crippen LogP) is 2.00. The fourth-order valence-corrected chi connectivity index (χ4v) is 5.54. The van der Waals surface area contributed by atoms with Crippen LogP contribution in [0.3, 0.4) is 0 Å². The largest absolute Gasteiger partial charge is 0.475 e. The number of aliphatic hydroxyl groups is 2. The van der Waals surface area contributed by atoms with Gasteiger partial charge in [0.05, 0.1) is 25.6 Å². The number of phosphoric ester groups is 1. The summed E-state index contributed by atoms with van der Waals surface area (Å²) in [5, 5.41) is 21.7. The summed E-state index contributed by atoms with van der Waals surface area (Å²) in [4.78, 5) is 12.1. The zero-order chi connectivity index (χ0) is 25.0. The van der Waals surface area contributed by atoms with Gasteiger partial charge in [-0.2, -0.15) is 0 Å². The first-order valence-electron chi connectivity index (χ1n) is 10.6. The van der Waals surface area contributed by atoms with Gasteiger partial charge in [0.1, 0.15) is 41.3 Å². The van der Waals surface area contributed by atoms with Crippen LogP contribution in [0.2, 0.25) is 0 Å². The highest BCUT2D eigenvalue weighted by Crippen LogP contribution is 2.57. The van der Waals surface area contributed by atoms with Crippen LogP contribution in [-0.2, 0) is 22.9 Å². The van der Waals surface area contributed by atoms with Gasteiger partial charge in [-0.3, -0.25) is 18.1 Å². The lowest BCUT2D eigenvalue weighted by Crippen LogP contribution is -2.44. The van der Waals surface area contributed by atoms with Crippen LogP contribution in [0.25, 0.3) is 11.2 Å². The molecule has 4 heterocycles. The molecule has 5 rings (SSSR count). The van der Waals surface area contributed by atoms with E-state index in [2.05, 4.69) is 15.0 Å².